The maximum absolute atomic E-state index is 15.7. The molecule has 0 saturated heterocycles. The number of carbonyl (C=O) groups is 1. The normalized spacial score (nSPS) is 12.5. The molecule has 0 amide bonds. The molecule has 0 fully saturated rings. The molecule has 6 nitrogen and oxygen atoms in total. The lowest BCUT2D eigenvalue weighted by Crippen LogP contribution is -2.25. The molecule has 2 aromatic carbocycles. The number of ether oxygens (including phenoxy) is 2. The monoisotopic (exact) mass is 573 g/mol. The number of fused-ring (bicyclic) bond motifs is 1. The van der Waals surface area contributed by atoms with Gasteiger partial charge in [0, 0.05) is 62.2 Å². The van der Waals surface area contributed by atoms with Crippen molar-refractivity contribution < 1.29 is 36.1 Å². The highest BCUT2D eigenvalue weighted by molar-refractivity contribution is 7.86. The molecule has 0 bridgehead atoms. The number of hydrogen-bond donors (Lipinski definition) is 0. The molecule has 10 heteroatoms. The first-order valence-electron chi connectivity index (χ1n) is 12.8. The van der Waals surface area contributed by atoms with E-state index in [-0.39, 0.29) is 70.9 Å². The van der Waals surface area contributed by atoms with E-state index in [0.29, 0.717) is 5.56 Å². The van der Waals surface area contributed by atoms with E-state index >= 15 is 8.78 Å². The number of furan rings is 1. The Bertz CT molecular complexity index is 1560. The standard InChI is InChI=1S/C30H30F3NO5S/c1-5-37-26(35)15-18-6-7-20(31)16-25(18)39-17-19-14-23(29-22(27(19)32)9-12-38-29)21-8-11-34-24(28(21)33)10-13-40(36)30(2,3)4/h6-9,11-12,14,16H,5,10,13,15,17H2,1-4H3/t40-/m1/s1. The highest BCUT2D eigenvalue weighted by Gasteiger charge is 2.23. The van der Waals surface area contributed by atoms with Crippen LogP contribution in [0.4, 0.5) is 13.2 Å². The minimum Gasteiger partial charge on any atom is -0.488 e. The van der Waals surface area contributed by atoms with Crippen LogP contribution in [0, 0.1) is 17.5 Å². The number of esters is 1. The molecule has 1 atom stereocenters. The Morgan fingerprint density at radius 2 is 1.80 bits per heavy atom. The molecule has 0 spiro atoms. The molecule has 40 heavy (non-hydrogen) atoms. The van der Waals surface area contributed by atoms with Crippen LogP contribution in [0.3, 0.4) is 0 Å². The van der Waals surface area contributed by atoms with Crippen LogP contribution in [0.25, 0.3) is 22.1 Å². The second kappa shape index (κ2) is 12.2. The van der Waals surface area contributed by atoms with Crippen LogP contribution in [0.1, 0.15) is 44.5 Å². The third-order valence-corrected chi connectivity index (χ3v) is 8.20. The number of halogens is 3. The first kappa shape index (κ1) is 29.3. The van der Waals surface area contributed by atoms with Gasteiger partial charge in [0.25, 0.3) is 0 Å². The molecular weight excluding hydrogens is 543 g/mol. The summed E-state index contributed by atoms with van der Waals surface area (Å²) in [7, 11) is -1.20. The van der Waals surface area contributed by atoms with Crippen molar-refractivity contribution in [3.63, 3.8) is 0 Å². The highest BCUT2D eigenvalue weighted by atomic mass is 32.2. The van der Waals surface area contributed by atoms with Crippen LogP contribution in [0.5, 0.6) is 5.75 Å². The van der Waals surface area contributed by atoms with Gasteiger partial charge in [-0.15, -0.1) is 0 Å². The van der Waals surface area contributed by atoms with E-state index in [0.717, 1.165) is 6.07 Å². The maximum atomic E-state index is 15.7. The maximum Gasteiger partial charge on any atom is 0.310 e. The molecule has 0 unspecified atom stereocenters. The molecule has 212 valence electrons. The number of aryl methyl sites for hydroxylation is 1. The molecule has 0 aliphatic heterocycles. The predicted octanol–water partition coefficient (Wildman–Crippen LogP) is 6.69. The van der Waals surface area contributed by atoms with Crippen LogP contribution in [-0.2, 0) is 39.8 Å². The average Bonchev–Trinajstić information content (AvgIpc) is 3.39. The largest absolute Gasteiger partial charge is 0.488 e. The van der Waals surface area contributed by atoms with E-state index in [1.54, 1.807) is 6.92 Å². The fourth-order valence-corrected chi connectivity index (χ4v) is 5.16. The van der Waals surface area contributed by atoms with Crippen LogP contribution in [-0.4, -0.2) is 32.3 Å². The number of benzene rings is 2. The van der Waals surface area contributed by atoms with Gasteiger partial charge in [0.2, 0.25) is 0 Å². The molecule has 0 N–H and O–H groups in total. The summed E-state index contributed by atoms with van der Waals surface area (Å²) in [5, 5.41) is 0.119. The molecule has 0 radical (unpaired) electrons. The molecule has 0 saturated carbocycles. The minimum absolute atomic E-state index is 0.0607. The Hall–Kier alpha value is -3.66. The summed E-state index contributed by atoms with van der Waals surface area (Å²) < 4.78 is 73.5. The van der Waals surface area contributed by atoms with Crippen LogP contribution in [0.15, 0.2) is 53.3 Å². The van der Waals surface area contributed by atoms with Gasteiger partial charge in [0.1, 0.15) is 29.6 Å². The zero-order valence-corrected chi connectivity index (χ0v) is 23.5. The Morgan fingerprint density at radius 3 is 2.52 bits per heavy atom. The first-order valence-corrected chi connectivity index (χ1v) is 14.1. The van der Waals surface area contributed by atoms with Gasteiger partial charge in [-0.2, -0.15) is 0 Å². The van der Waals surface area contributed by atoms with Crippen molar-refractivity contribution in [2.24, 2.45) is 0 Å². The van der Waals surface area contributed by atoms with Crippen molar-refractivity contribution in [3.05, 3.63) is 83.1 Å². The van der Waals surface area contributed by atoms with Gasteiger partial charge in [-0.25, -0.2) is 13.2 Å². The van der Waals surface area contributed by atoms with Crippen molar-refractivity contribution in [1.82, 2.24) is 4.98 Å². The van der Waals surface area contributed by atoms with Gasteiger partial charge in [-0.3, -0.25) is 14.0 Å². The Labute approximate surface area is 233 Å². The third-order valence-electron chi connectivity index (χ3n) is 6.26. The molecular formula is C30H30F3NO5S. The SMILES string of the molecule is CCOC(=O)Cc1ccc(F)cc1OCc1cc(-c2ccnc(CC[S@@](=O)C(C)(C)C)c2F)c2occc2c1F. The molecule has 2 aromatic heterocycles. The zero-order valence-electron chi connectivity index (χ0n) is 22.7. The van der Waals surface area contributed by atoms with Crippen molar-refractivity contribution in [2.75, 3.05) is 12.4 Å². The molecule has 2 heterocycles. The van der Waals surface area contributed by atoms with Crippen LogP contribution < -0.4 is 4.74 Å². The summed E-state index contributed by atoms with van der Waals surface area (Å²) in [6, 6.07) is 8.02. The van der Waals surface area contributed by atoms with Crippen molar-refractivity contribution in [3.8, 4) is 16.9 Å². The van der Waals surface area contributed by atoms with Gasteiger partial charge >= 0.3 is 5.97 Å². The number of pyridine rings is 1. The van der Waals surface area contributed by atoms with Gasteiger partial charge in [0.15, 0.2) is 5.82 Å². The number of nitrogens with zero attached hydrogens (tertiary/aromatic N) is 1. The molecule has 4 aromatic rings. The number of carbonyl (C=O) groups excluding carboxylic acids is 1. The Balaban J connectivity index is 1.67. The quantitative estimate of drug-likeness (QED) is 0.197. The second-order valence-electron chi connectivity index (χ2n) is 10.1. The predicted molar refractivity (Wildman–Crippen MR) is 147 cm³/mol. The van der Waals surface area contributed by atoms with E-state index < -0.39 is 39.0 Å². The highest BCUT2D eigenvalue weighted by Crippen LogP contribution is 2.36. The van der Waals surface area contributed by atoms with Crippen LogP contribution >= 0.6 is 0 Å². The lowest BCUT2D eigenvalue weighted by molar-refractivity contribution is -0.142. The third kappa shape index (κ3) is 6.55. The smallest absolute Gasteiger partial charge is 0.310 e. The van der Waals surface area contributed by atoms with Gasteiger partial charge in [-0.05, 0) is 52.0 Å². The van der Waals surface area contributed by atoms with E-state index in [1.807, 2.05) is 20.8 Å². The summed E-state index contributed by atoms with van der Waals surface area (Å²) in [6.07, 6.45) is 2.75. The first-order chi connectivity index (χ1) is 19.0. The summed E-state index contributed by atoms with van der Waals surface area (Å²) in [4.78, 5) is 16.1. The zero-order chi connectivity index (χ0) is 29.0. The van der Waals surface area contributed by atoms with Crippen molar-refractivity contribution in [1.29, 1.82) is 0 Å². The summed E-state index contributed by atoms with van der Waals surface area (Å²) in [5.74, 6) is -2.06. The van der Waals surface area contributed by atoms with Crippen molar-refractivity contribution >= 4 is 27.7 Å². The van der Waals surface area contributed by atoms with E-state index in [1.165, 1.54) is 42.8 Å². The van der Waals surface area contributed by atoms with Crippen molar-refractivity contribution in [2.45, 2.75) is 51.9 Å². The lowest BCUT2D eigenvalue weighted by Gasteiger charge is -2.17. The van der Waals surface area contributed by atoms with E-state index in [4.69, 9.17) is 13.9 Å². The molecule has 0 aliphatic rings. The summed E-state index contributed by atoms with van der Waals surface area (Å²) in [6.45, 7) is 7.09. The second-order valence-corrected chi connectivity index (χ2v) is 12.4. The number of hydrogen-bond acceptors (Lipinski definition) is 6. The summed E-state index contributed by atoms with van der Waals surface area (Å²) >= 11 is 0. The fourth-order valence-electron chi connectivity index (χ4n) is 4.17. The van der Waals surface area contributed by atoms with Gasteiger partial charge < -0.3 is 13.9 Å². The minimum atomic E-state index is -1.20. The number of aromatic nitrogens is 1. The van der Waals surface area contributed by atoms with E-state index in [9.17, 15) is 13.4 Å². The Morgan fingerprint density at radius 1 is 1.02 bits per heavy atom. The lowest BCUT2D eigenvalue weighted by atomic mass is 9.99. The number of rotatable bonds is 10. The van der Waals surface area contributed by atoms with Gasteiger partial charge in [0.05, 0.1) is 30.4 Å². The van der Waals surface area contributed by atoms with Crippen LogP contribution in [0.2, 0.25) is 0 Å². The Kier molecular flexibility index (Phi) is 8.98. The van der Waals surface area contributed by atoms with E-state index in [2.05, 4.69) is 4.98 Å². The molecule has 4 rings (SSSR count). The van der Waals surface area contributed by atoms with Gasteiger partial charge in [-0.1, -0.05) is 6.07 Å². The average molecular weight is 574 g/mol. The molecule has 0 aliphatic carbocycles. The summed E-state index contributed by atoms with van der Waals surface area (Å²) in [5.41, 5.74) is 1.15. The topological polar surface area (TPSA) is 78.6 Å². The fraction of sp³-hybridized carbons (Fsp3) is 0.333.